The van der Waals surface area contributed by atoms with Gasteiger partial charge >= 0.3 is 0 Å². The molecule has 1 atom stereocenters. The Morgan fingerprint density at radius 3 is 2.70 bits per heavy atom. The molecule has 0 saturated carbocycles. The molecule has 2 nitrogen and oxygen atoms in total. The molecule has 3 heteroatoms. The maximum Gasteiger partial charge on any atom is 0.115 e. The van der Waals surface area contributed by atoms with Gasteiger partial charge in [0.2, 0.25) is 0 Å². The van der Waals surface area contributed by atoms with Gasteiger partial charge in [0, 0.05) is 22.7 Å². The molecule has 54 valence electrons. The van der Waals surface area contributed by atoms with Crippen LogP contribution in [0.2, 0.25) is 0 Å². The molecule has 0 aliphatic heterocycles. The first-order valence-corrected chi connectivity index (χ1v) is 3.68. The van der Waals surface area contributed by atoms with Crippen molar-refractivity contribution in [1.29, 1.82) is 0 Å². The average Bonchev–Trinajstić information content (AvgIpc) is 1.88. The fraction of sp³-hybridized carbons (Fsp3) is 0.429. The van der Waals surface area contributed by atoms with E-state index >= 15 is 0 Å². The number of hydrogen-bond acceptors (Lipinski definition) is 3. The minimum absolute atomic E-state index is 0.223. The van der Waals surface area contributed by atoms with Crippen molar-refractivity contribution in [2.45, 2.75) is 19.1 Å². The van der Waals surface area contributed by atoms with Crippen molar-refractivity contribution in [3.8, 4) is 0 Å². The molecular weight excluding hydrogens is 144 g/mol. The lowest BCUT2D eigenvalue weighted by molar-refractivity contribution is 0.983. The maximum absolute atomic E-state index is 4.28. The van der Waals surface area contributed by atoms with Gasteiger partial charge in [-0.1, -0.05) is 0 Å². The summed E-state index contributed by atoms with van der Waals surface area (Å²) in [5.74, 6) is 0. The van der Waals surface area contributed by atoms with Crippen LogP contribution in [0, 0.1) is 6.92 Å². The van der Waals surface area contributed by atoms with E-state index in [4.69, 9.17) is 0 Å². The Kier molecular flexibility index (Phi) is 2.27. The van der Waals surface area contributed by atoms with Crippen LogP contribution < -0.4 is 0 Å². The van der Waals surface area contributed by atoms with Gasteiger partial charge in [0.25, 0.3) is 0 Å². The van der Waals surface area contributed by atoms with E-state index in [9.17, 15) is 0 Å². The van der Waals surface area contributed by atoms with Gasteiger partial charge < -0.3 is 0 Å². The van der Waals surface area contributed by atoms with Gasteiger partial charge in [-0.25, -0.2) is 9.97 Å². The van der Waals surface area contributed by atoms with Crippen molar-refractivity contribution in [1.82, 2.24) is 9.97 Å². The van der Waals surface area contributed by atoms with E-state index in [0.29, 0.717) is 0 Å². The molecule has 0 amide bonds. The highest BCUT2D eigenvalue weighted by molar-refractivity contribution is 7.80. The van der Waals surface area contributed by atoms with Crippen molar-refractivity contribution in [3.63, 3.8) is 0 Å². The van der Waals surface area contributed by atoms with Crippen LogP contribution in [-0.2, 0) is 0 Å². The van der Waals surface area contributed by atoms with Gasteiger partial charge in [0.05, 0.1) is 0 Å². The molecule has 0 aromatic carbocycles. The molecule has 0 fully saturated rings. The summed E-state index contributed by atoms with van der Waals surface area (Å²) in [6, 6.07) is 0. The Hall–Kier alpha value is -0.570. The van der Waals surface area contributed by atoms with E-state index in [1.807, 2.05) is 13.8 Å². The van der Waals surface area contributed by atoms with E-state index in [1.54, 1.807) is 12.5 Å². The van der Waals surface area contributed by atoms with Crippen LogP contribution >= 0.6 is 12.6 Å². The molecule has 1 heterocycles. The lowest BCUT2D eigenvalue weighted by Crippen LogP contribution is -1.93. The second kappa shape index (κ2) is 3.01. The predicted octanol–water partition coefficient (Wildman–Crippen LogP) is 1.78. The van der Waals surface area contributed by atoms with Crippen LogP contribution in [0.25, 0.3) is 0 Å². The van der Waals surface area contributed by atoms with Gasteiger partial charge in [-0.15, -0.1) is 0 Å². The molecule has 0 aliphatic rings. The van der Waals surface area contributed by atoms with E-state index in [0.717, 1.165) is 11.3 Å². The fourth-order valence-corrected chi connectivity index (χ4v) is 1.07. The Morgan fingerprint density at radius 1 is 1.60 bits per heavy atom. The van der Waals surface area contributed by atoms with Gasteiger partial charge in [0.15, 0.2) is 0 Å². The van der Waals surface area contributed by atoms with Crippen molar-refractivity contribution in [3.05, 3.63) is 23.8 Å². The summed E-state index contributed by atoms with van der Waals surface area (Å²) in [5.41, 5.74) is 2.11. The number of rotatable bonds is 1. The van der Waals surface area contributed by atoms with E-state index in [1.165, 1.54) is 0 Å². The molecule has 1 aromatic heterocycles. The Morgan fingerprint density at radius 2 is 2.30 bits per heavy atom. The third-order valence-corrected chi connectivity index (χ3v) is 1.68. The first-order chi connectivity index (χ1) is 4.72. The first kappa shape index (κ1) is 7.54. The van der Waals surface area contributed by atoms with Gasteiger partial charge in [-0.2, -0.15) is 12.6 Å². The normalized spacial score (nSPS) is 13.1. The molecule has 0 radical (unpaired) electrons. The number of thiol groups is 1. The molecule has 0 aliphatic carbocycles. The Bertz CT molecular complexity index is 223. The largest absolute Gasteiger partial charge is 0.244 e. The molecular formula is C7H10N2S. The zero-order chi connectivity index (χ0) is 7.56. The summed E-state index contributed by atoms with van der Waals surface area (Å²) in [7, 11) is 0. The highest BCUT2D eigenvalue weighted by Crippen LogP contribution is 2.18. The van der Waals surface area contributed by atoms with Crippen LogP contribution in [0.15, 0.2) is 12.5 Å². The summed E-state index contributed by atoms with van der Waals surface area (Å²) >= 11 is 4.28. The van der Waals surface area contributed by atoms with Crippen LogP contribution in [0.3, 0.4) is 0 Å². The average molecular weight is 154 g/mol. The second-order valence-electron chi connectivity index (χ2n) is 2.24. The SMILES string of the molecule is Cc1ncncc1C(C)S. The summed E-state index contributed by atoms with van der Waals surface area (Å²) in [4.78, 5) is 7.95. The molecule has 10 heavy (non-hydrogen) atoms. The van der Waals surface area contributed by atoms with Gasteiger partial charge in [-0.05, 0) is 13.8 Å². The smallest absolute Gasteiger partial charge is 0.115 e. The molecule has 0 bridgehead atoms. The summed E-state index contributed by atoms with van der Waals surface area (Å²) in [5, 5.41) is 0.223. The Labute approximate surface area is 66.1 Å². The molecule has 1 unspecified atom stereocenters. The topological polar surface area (TPSA) is 25.8 Å². The minimum atomic E-state index is 0.223. The van der Waals surface area contributed by atoms with Crippen molar-refractivity contribution in [2.24, 2.45) is 0 Å². The lowest BCUT2D eigenvalue weighted by atomic mass is 10.2. The predicted molar refractivity (Wildman–Crippen MR) is 44.2 cm³/mol. The minimum Gasteiger partial charge on any atom is -0.244 e. The van der Waals surface area contributed by atoms with Crippen LogP contribution in [0.1, 0.15) is 23.4 Å². The standard InChI is InChI=1S/C7H10N2S/c1-5-7(6(2)10)3-8-4-9-5/h3-4,6,10H,1-2H3. The van der Waals surface area contributed by atoms with Crippen LogP contribution in [0.4, 0.5) is 0 Å². The van der Waals surface area contributed by atoms with E-state index < -0.39 is 0 Å². The van der Waals surface area contributed by atoms with Gasteiger partial charge in [0.1, 0.15) is 6.33 Å². The van der Waals surface area contributed by atoms with Crippen molar-refractivity contribution >= 4 is 12.6 Å². The first-order valence-electron chi connectivity index (χ1n) is 3.16. The van der Waals surface area contributed by atoms with Crippen molar-refractivity contribution < 1.29 is 0 Å². The molecule has 0 spiro atoms. The fourth-order valence-electron chi connectivity index (χ4n) is 0.812. The van der Waals surface area contributed by atoms with Crippen LogP contribution in [-0.4, -0.2) is 9.97 Å². The third-order valence-electron chi connectivity index (χ3n) is 1.40. The van der Waals surface area contributed by atoms with Crippen molar-refractivity contribution in [2.75, 3.05) is 0 Å². The quantitative estimate of drug-likeness (QED) is 0.624. The summed E-state index contributed by atoms with van der Waals surface area (Å²) in [6.45, 7) is 3.97. The monoisotopic (exact) mass is 154 g/mol. The van der Waals surface area contributed by atoms with E-state index in [-0.39, 0.29) is 5.25 Å². The zero-order valence-electron chi connectivity index (χ0n) is 6.07. The number of hydrogen-bond donors (Lipinski definition) is 1. The number of nitrogens with zero attached hydrogens (tertiary/aromatic N) is 2. The summed E-state index contributed by atoms with van der Waals surface area (Å²) < 4.78 is 0. The number of aromatic nitrogens is 2. The summed E-state index contributed by atoms with van der Waals surface area (Å²) in [6.07, 6.45) is 3.36. The van der Waals surface area contributed by atoms with E-state index in [2.05, 4.69) is 22.6 Å². The molecule has 1 rings (SSSR count). The van der Waals surface area contributed by atoms with Crippen LogP contribution in [0.5, 0.6) is 0 Å². The highest BCUT2D eigenvalue weighted by atomic mass is 32.1. The zero-order valence-corrected chi connectivity index (χ0v) is 6.97. The molecule has 0 saturated heterocycles. The molecule has 1 aromatic rings. The number of aryl methyl sites for hydroxylation is 1. The maximum atomic E-state index is 4.28. The molecule has 0 N–H and O–H groups in total. The third kappa shape index (κ3) is 1.48. The second-order valence-corrected chi connectivity index (χ2v) is 3.01. The Balaban J connectivity index is 3.03. The van der Waals surface area contributed by atoms with Gasteiger partial charge in [-0.3, -0.25) is 0 Å². The lowest BCUT2D eigenvalue weighted by Gasteiger charge is -2.04. The highest BCUT2D eigenvalue weighted by Gasteiger charge is 2.02.